The summed E-state index contributed by atoms with van der Waals surface area (Å²) in [7, 11) is 0. The molecule has 1 aromatic carbocycles. The molecule has 2 aromatic rings. The molecule has 138 valence electrons. The van der Waals surface area contributed by atoms with Gasteiger partial charge in [0.2, 0.25) is 5.91 Å². The molecule has 4 rings (SSSR count). The molecule has 5 heteroatoms. The summed E-state index contributed by atoms with van der Waals surface area (Å²) in [6.07, 6.45) is 9.54. The monoisotopic (exact) mass is 353 g/mol. The summed E-state index contributed by atoms with van der Waals surface area (Å²) in [6, 6.07) is 8.05. The van der Waals surface area contributed by atoms with Crippen molar-refractivity contribution >= 4 is 22.7 Å². The normalized spacial score (nSPS) is 21.7. The molecule has 26 heavy (non-hydrogen) atoms. The lowest BCUT2D eigenvalue weighted by Gasteiger charge is -2.33. The first kappa shape index (κ1) is 17.1. The molecule has 1 saturated carbocycles. The second kappa shape index (κ2) is 7.52. The fraction of sp³-hybridized carbons (Fsp3) is 0.524. The van der Waals surface area contributed by atoms with E-state index in [9.17, 15) is 9.59 Å². The Morgan fingerprint density at radius 1 is 1.04 bits per heavy atom. The maximum absolute atomic E-state index is 12.9. The van der Waals surface area contributed by atoms with Crippen molar-refractivity contribution in [3.05, 3.63) is 36.0 Å². The van der Waals surface area contributed by atoms with E-state index in [0.29, 0.717) is 18.2 Å². The molecule has 2 aliphatic rings. The van der Waals surface area contributed by atoms with Crippen LogP contribution >= 0.6 is 0 Å². The van der Waals surface area contributed by atoms with Crippen LogP contribution in [0.25, 0.3) is 10.9 Å². The fourth-order valence-electron chi connectivity index (χ4n) is 4.31. The van der Waals surface area contributed by atoms with Gasteiger partial charge in [-0.1, -0.05) is 19.3 Å². The SMILES string of the molecule is O=C(NC1CCCCC1)C1CCCN(C(=O)c2ccc3[nH]ccc3c2)C1. The Hall–Kier alpha value is -2.30. The van der Waals surface area contributed by atoms with Crippen LogP contribution in [0.1, 0.15) is 55.3 Å². The highest BCUT2D eigenvalue weighted by molar-refractivity contribution is 5.98. The van der Waals surface area contributed by atoms with E-state index >= 15 is 0 Å². The van der Waals surface area contributed by atoms with Crippen molar-refractivity contribution in [3.8, 4) is 0 Å². The number of carbonyl (C=O) groups excluding carboxylic acids is 2. The zero-order chi connectivity index (χ0) is 17.9. The van der Waals surface area contributed by atoms with E-state index in [2.05, 4.69) is 10.3 Å². The smallest absolute Gasteiger partial charge is 0.253 e. The van der Waals surface area contributed by atoms with Crippen LogP contribution in [0.3, 0.4) is 0 Å². The van der Waals surface area contributed by atoms with Crippen molar-refractivity contribution in [2.24, 2.45) is 5.92 Å². The van der Waals surface area contributed by atoms with Crippen molar-refractivity contribution in [1.29, 1.82) is 0 Å². The van der Waals surface area contributed by atoms with Gasteiger partial charge >= 0.3 is 0 Å². The molecule has 1 saturated heterocycles. The van der Waals surface area contributed by atoms with E-state index in [1.54, 1.807) is 0 Å². The zero-order valence-electron chi connectivity index (χ0n) is 15.2. The number of piperidine rings is 1. The quantitative estimate of drug-likeness (QED) is 0.887. The topological polar surface area (TPSA) is 65.2 Å². The predicted octanol–water partition coefficient (Wildman–Crippen LogP) is 3.47. The third-order valence-corrected chi connectivity index (χ3v) is 5.83. The van der Waals surface area contributed by atoms with Crippen LogP contribution in [0.2, 0.25) is 0 Å². The van der Waals surface area contributed by atoms with E-state index in [-0.39, 0.29) is 17.7 Å². The lowest BCUT2D eigenvalue weighted by Crippen LogP contribution is -2.47. The third kappa shape index (κ3) is 3.62. The number of H-pyrrole nitrogens is 1. The molecule has 1 atom stereocenters. The second-order valence-electron chi connectivity index (χ2n) is 7.71. The molecule has 0 bridgehead atoms. The number of fused-ring (bicyclic) bond motifs is 1. The van der Waals surface area contributed by atoms with Crippen LogP contribution < -0.4 is 5.32 Å². The lowest BCUT2D eigenvalue weighted by molar-refractivity contribution is -0.127. The van der Waals surface area contributed by atoms with Crippen molar-refractivity contribution in [2.45, 2.75) is 51.0 Å². The van der Waals surface area contributed by atoms with E-state index < -0.39 is 0 Å². The maximum Gasteiger partial charge on any atom is 0.253 e. The van der Waals surface area contributed by atoms with Gasteiger partial charge in [0.05, 0.1) is 5.92 Å². The highest BCUT2D eigenvalue weighted by Gasteiger charge is 2.30. The minimum Gasteiger partial charge on any atom is -0.361 e. The van der Waals surface area contributed by atoms with E-state index in [4.69, 9.17) is 0 Å². The first-order valence-electron chi connectivity index (χ1n) is 9.87. The third-order valence-electron chi connectivity index (χ3n) is 5.83. The van der Waals surface area contributed by atoms with Crippen molar-refractivity contribution in [1.82, 2.24) is 15.2 Å². The van der Waals surface area contributed by atoms with E-state index in [0.717, 1.165) is 43.1 Å². The summed E-state index contributed by atoms with van der Waals surface area (Å²) in [5.41, 5.74) is 1.73. The number of hydrogen-bond acceptors (Lipinski definition) is 2. The molecule has 2 heterocycles. The summed E-state index contributed by atoms with van der Waals surface area (Å²) < 4.78 is 0. The number of rotatable bonds is 3. The lowest BCUT2D eigenvalue weighted by atomic mass is 9.92. The molecule has 1 unspecified atom stereocenters. The number of likely N-dealkylation sites (tertiary alicyclic amines) is 1. The molecule has 1 aliphatic carbocycles. The minimum absolute atomic E-state index is 0.0308. The standard InChI is InChI=1S/C21H27N3O2/c25-20(23-18-6-2-1-3-7-18)17-5-4-12-24(14-17)21(26)16-8-9-19-15(13-16)10-11-22-19/h8-11,13,17-18,22H,1-7,12,14H2,(H,23,25). The van der Waals surface area contributed by atoms with Crippen LogP contribution in [0.15, 0.2) is 30.5 Å². The largest absolute Gasteiger partial charge is 0.361 e. The molecular weight excluding hydrogens is 326 g/mol. The van der Waals surface area contributed by atoms with Gasteiger partial charge in [-0.3, -0.25) is 9.59 Å². The number of aromatic amines is 1. The summed E-state index contributed by atoms with van der Waals surface area (Å²) in [4.78, 5) is 30.6. The molecule has 0 radical (unpaired) electrons. The van der Waals surface area contributed by atoms with Crippen LogP contribution in [0.5, 0.6) is 0 Å². The van der Waals surface area contributed by atoms with Gasteiger partial charge in [0, 0.05) is 41.8 Å². The highest BCUT2D eigenvalue weighted by Crippen LogP contribution is 2.23. The molecular formula is C21H27N3O2. The Labute approximate surface area is 154 Å². The zero-order valence-corrected chi connectivity index (χ0v) is 15.2. The van der Waals surface area contributed by atoms with Gasteiger partial charge in [-0.05, 0) is 49.9 Å². The fourth-order valence-corrected chi connectivity index (χ4v) is 4.31. The van der Waals surface area contributed by atoms with Crippen LogP contribution in [-0.2, 0) is 4.79 Å². The van der Waals surface area contributed by atoms with Gasteiger partial charge in [0.25, 0.3) is 5.91 Å². The Balaban J connectivity index is 1.40. The number of nitrogens with one attached hydrogen (secondary N) is 2. The average Bonchev–Trinajstić information content (AvgIpc) is 3.16. The minimum atomic E-state index is -0.0781. The van der Waals surface area contributed by atoms with Gasteiger partial charge in [-0.2, -0.15) is 0 Å². The molecule has 2 N–H and O–H groups in total. The second-order valence-corrected chi connectivity index (χ2v) is 7.71. The van der Waals surface area contributed by atoms with Gasteiger partial charge in [-0.15, -0.1) is 0 Å². The number of benzene rings is 1. The van der Waals surface area contributed by atoms with Gasteiger partial charge in [-0.25, -0.2) is 0 Å². The molecule has 1 aromatic heterocycles. The first-order valence-corrected chi connectivity index (χ1v) is 9.87. The van der Waals surface area contributed by atoms with Gasteiger partial charge in [0.15, 0.2) is 0 Å². The Morgan fingerprint density at radius 2 is 1.88 bits per heavy atom. The highest BCUT2D eigenvalue weighted by atomic mass is 16.2. The number of amides is 2. The van der Waals surface area contributed by atoms with Gasteiger partial charge in [0.1, 0.15) is 0 Å². The molecule has 2 amide bonds. The Kier molecular flexibility index (Phi) is 4.96. The maximum atomic E-state index is 12.9. The summed E-state index contributed by atoms with van der Waals surface area (Å²) in [5, 5.41) is 4.27. The van der Waals surface area contributed by atoms with E-state index in [1.807, 2.05) is 35.4 Å². The first-order chi connectivity index (χ1) is 12.7. The summed E-state index contributed by atoms with van der Waals surface area (Å²) in [6.45, 7) is 1.26. The molecule has 1 aliphatic heterocycles. The summed E-state index contributed by atoms with van der Waals surface area (Å²) >= 11 is 0. The number of nitrogens with zero attached hydrogens (tertiary/aromatic N) is 1. The van der Waals surface area contributed by atoms with E-state index in [1.165, 1.54) is 19.3 Å². The Bertz CT molecular complexity index is 791. The average molecular weight is 353 g/mol. The Morgan fingerprint density at radius 3 is 2.73 bits per heavy atom. The van der Waals surface area contributed by atoms with Crippen LogP contribution in [0.4, 0.5) is 0 Å². The number of aromatic nitrogens is 1. The van der Waals surface area contributed by atoms with Crippen molar-refractivity contribution in [2.75, 3.05) is 13.1 Å². The van der Waals surface area contributed by atoms with Gasteiger partial charge < -0.3 is 15.2 Å². The van der Waals surface area contributed by atoms with Crippen molar-refractivity contribution in [3.63, 3.8) is 0 Å². The number of hydrogen-bond donors (Lipinski definition) is 2. The van der Waals surface area contributed by atoms with Crippen LogP contribution in [0, 0.1) is 5.92 Å². The predicted molar refractivity (Wildman–Crippen MR) is 102 cm³/mol. The molecule has 2 fully saturated rings. The molecule has 0 spiro atoms. The molecule has 5 nitrogen and oxygen atoms in total. The number of carbonyl (C=O) groups is 2. The van der Waals surface area contributed by atoms with Crippen LogP contribution in [-0.4, -0.2) is 40.8 Å². The summed E-state index contributed by atoms with van der Waals surface area (Å²) in [5.74, 6) is 0.0874. The van der Waals surface area contributed by atoms with Crippen molar-refractivity contribution < 1.29 is 9.59 Å².